The average Bonchev–Trinajstić information content (AvgIpc) is 2.31. The van der Waals surface area contributed by atoms with Gasteiger partial charge in [0.25, 0.3) is 0 Å². The first kappa shape index (κ1) is 11.4. The molecule has 2 fully saturated rings. The second-order valence-corrected chi connectivity index (χ2v) is 4.76. The smallest absolute Gasteiger partial charge is 0.0859 e. The van der Waals surface area contributed by atoms with E-state index in [1.54, 1.807) is 0 Å². The van der Waals surface area contributed by atoms with E-state index in [4.69, 9.17) is 4.74 Å². The predicted octanol–water partition coefficient (Wildman–Crippen LogP) is 1.24. The van der Waals surface area contributed by atoms with Gasteiger partial charge in [0.15, 0.2) is 0 Å². The van der Waals surface area contributed by atoms with Gasteiger partial charge < -0.3 is 15.0 Å². The van der Waals surface area contributed by atoms with E-state index >= 15 is 0 Å². The van der Waals surface area contributed by atoms with Crippen LogP contribution in [0.15, 0.2) is 0 Å². The highest BCUT2D eigenvalue weighted by atomic mass is 16.5. The molecule has 3 heteroatoms. The molecule has 15 heavy (non-hydrogen) atoms. The van der Waals surface area contributed by atoms with Crippen LogP contribution < -0.4 is 5.32 Å². The zero-order valence-corrected chi connectivity index (χ0v) is 10.1. The summed E-state index contributed by atoms with van der Waals surface area (Å²) in [7, 11) is 0. The third-order valence-electron chi connectivity index (χ3n) is 4.08. The fourth-order valence-electron chi connectivity index (χ4n) is 3.03. The van der Waals surface area contributed by atoms with E-state index < -0.39 is 0 Å². The molecule has 2 rings (SSSR count). The van der Waals surface area contributed by atoms with Crippen LogP contribution in [0.25, 0.3) is 0 Å². The molecule has 3 nitrogen and oxygen atoms in total. The summed E-state index contributed by atoms with van der Waals surface area (Å²) in [4.78, 5) is 2.52. The van der Waals surface area contributed by atoms with Gasteiger partial charge in [0.05, 0.1) is 12.2 Å². The lowest BCUT2D eigenvalue weighted by Gasteiger charge is -2.49. The predicted molar refractivity (Wildman–Crippen MR) is 62.1 cm³/mol. The molecule has 2 aliphatic heterocycles. The van der Waals surface area contributed by atoms with Gasteiger partial charge in [0.1, 0.15) is 0 Å². The molecule has 1 unspecified atom stereocenters. The van der Waals surface area contributed by atoms with Crippen molar-refractivity contribution >= 4 is 0 Å². The number of piperidine rings is 1. The fraction of sp³-hybridized carbons (Fsp3) is 1.00. The van der Waals surface area contributed by atoms with Crippen molar-refractivity contribution in [3.05, 3.63) is 0 Å². The minimum Gasteiger partial charge on any atom is -0.372 e. The van der Waals surface area contributed by atoms with Crippen LogP contribution in [0, 0.1) is 0 Å². The maximum Gasteiger partial charge on any atom is 0.0859 e. The Morgan fingerprint density at radius 2 is 2.07 bits per heavy atom. The quantitative estimate of drug-likeness (QED) is 0.745. The molecule has 0 aliphatic carbocycles. The van der Waals surface area contributed by atoms with E-state index in [1.165, 1.54) is 38.9 Å². The summed E-state index contributed by atoms with van der Waals surface area (Å²) < 4.78 is 6.11. The molecule has 1 atom stereocenters. The molecule has 2 heterocycles. The highest BCUT2D eigenvalue weighted by molar-refractivity contribution is 4.98. The lowest BCUT2D eigenvalue weighted by Crippen LogP contribution is -2.61. The molecule has 0 radical (unpaired) electrons. The van der Waals surface area contributed by atoms with Gasteiger partial charge in [-0.25, -0.2) is 0 Å². The van der Waals surface area contributed by atoms with E-state index in [2.05, 4.69) is 24.1 Å². The largest absolute Gasteiger partial charge is 0.372 e. The lowest BCUT2D eigenvalue weighted by atomic mass is 9.81. The summed E-state index contributed by atoms with van der Waals surface area (Å²) >= 11 is 0. The molecule has 0 aromatic rings. The van der Waals surface area contributed by atoms with Crippen LogP contribution in [0.4, 0.5) is 0 Å². The molecular formula is C12H24N2O. The van der Waals surface area contributed by atoms with Gasteiger partial charge in [-0.05, 0) is 25.8 Å². The standard InChI is InChI=1S/C12H24N2O/c1-3-11-12(15-10-7-13-11)5-8-14(4-2)9-6-12/h11,13H,3-10H2,1-2H3. The summed E-state index contributed by atoms with van der Waals surface area (Å²) in [5.74, 6) is 0. The van der Waals surface area contributed by atoms with Crippen LogP contribution in [-0.4, -0.2) is 49.3 Å². The lowest BCUT2D eigenvalue weighted by molar-refractivity contribution is -0.127. The van der Waals surface area contributed by atoms with Crippen molar-refractivity contribution in [1.29, 1.82) is 0 Å². The molecule has 0 amide bonds. The van der Waals surface area contributed by atoms with Crippen molar-refractivity contribution in [3.63, 3.8) is 0 Å². The Morgan fingerprint density at radius 3 is 2.67 bits per heavy atom. The maximum absolute atomic E-state index is 6.11. The summed E-state index contributed by atoms with van der Waals surface area (Å²) in [6.07, 6.45) is 3.59. The first-order chi connectivity index (χ1) is 7.30. The molecule has 2 aliphatic rings. The second-order valence-electron chi connectivity index (χ2n) is 4.76. The van der Waals surface area contributed by atoms with Crippen molar-refractivity contribution in [2.24, 2.45) is 0 Å². The van der Waals surface area contributed by atoms with Gasteiger partial charge in [0, 0.05) is 25.7 Å². The van der Waals surface area contributed by atoms with Gasteiger partial charge in [0.2, 0.25) is 0 Å². The molecule has 1 N–H and O–H groups in total. The van der Waals surface area contributed by atoms with Crippen molar-refractivity contribution in [2.45, 2.75) is 44.8 Å². The van der Waals surface area contributed by atoms with Crippen molar-refractivity contribution in [2.75, 3.05) is 32.8 Å². The third-order valence-corrected chi connectivity index (χ3v) is 4.08. The summed E-state index contributed by atoms with van der Waals surface area (Å²) in [5, 5.41) is 3.62. The minimum absolute atomic E-state index is 0.151. The van der Waals surface area contributed by atoms with E-state index in [1.807, 2.05) is 0 Å². The highest BCUT2D eigenvalue weighted by Gasteiger charge is 2.43. The SMILES string of the molecule is CCC1NCCOC12CCN(CC)CC2. The average molecular weight is 212 g/mol. The molecule has 0 saturated carbocycles. The molecule has 0 aromatic carbocycles. The summed E-state index contributed by atoms with van der Waals surface area (Å²) in [6, 6.07) is 0.574. The zero-order chi connectivity index (χ0) is 10.7. The van der Waals surface area contributed by atoms with Gasteiger partial charge in [-0.2, -0.15) is 0 Å². The third kappa shape index (κ3) is 2.19. The first-order valence-corrected chi connectivity index (χ1v) is 6.40. The number of hydrogen-bond acceptors (Lipinski definition) is 3. The molecule has 0 bridgehead atoms. The fourth-order valence-corrected chi connectivity index (χ4v) is 3.03. The normalized spacial score (nSPS) is 32.0. The van der Waals surface area contributed by atoms with Crippen LogP contribution in [-0.2, 0) is 4.74 Å². The van der Waals surface area contributed by atoms with E-state index in [0.29, 0.717) is 6.04 Å². The summed E-state index contributed by atoms with van der Waals surface area (Å²) in [5.41, 5.74) is 0.151. The van der Waals surface area contributed by atoms with Gasteiger partial charge in [-0.1, -0.05) is 13.8 Å². The topological polar surface area (TPSA) is 24.5 Å². The van der Waals surface area contributed by atoms with Crippen LogP contribution in [0.5, 0.6) is 0 Å². The van der Waals surface area contributed by atoms with E-state index in [-0.39, 0.29) is 5.60 Å². The number of nitrogens with zero attached hydrogens (tertiary/aromatic N) is 1. The Bertz CT molecular complexity index is 200. The maximum atomic E-state index is 6.11. The van der Waals surface area contributed by atoms with Crippen LogP contribution >= 0.6 is 0 Å². The van der Waals surface area contributed by atoms with Crippen LogP contribution in [0.1, 0.15) is 33.1 Å². The Balaban J connectivity index is 1.99. The molecular weight excluding hydrogens is 188 g/mol. The summed E-state index contributed by atoms with van der Waals surface area (Å²) in [6.45, 7) is 10.0. The number of hydrogen-bond donors (Lipinski definition) is 1. The van der Waals surface area contributed by atoms with Gasteiger partial charge in [-0.3, -0.25) is 0 Å². The van der Waals surface area contributed by atoms with E-state index in [0.717, 1.165) is 13.2 Å². The zero-order valence-electron chi connectivity index (χ0n) is 10.1. The number of nitrogens with one attached hydrogen (secondary N) is 1. The van der Waals surface area contributed by atoms with Gasteiger partial charge >= 0.3 is 0 Å². The monoisotopic (exact) mass is 212 g/mol. The number of rotatable bonds is 2. The van der Waals surface area contributed by atoms with Crippen LogP contribution in [0.3, 0.4) is 0 Å². The van der Waals surface area contributed by atoms with Gasteiger partial charge in [-0.15, -0.1) is 0 Å². The Hall–Kier alpha value is -0.120. The van der Waals surface area contributed by atoms with Crippen molar-refractivity contribution in [3.8, 4) is 0 Å². The molecule has 0 aromatic heterocycles. The highest BCUT2D eigenvalue weighted by Crippen LogP contribution is 2.32. The van der Waals surface area contributed by atoms with Crippen molar-refractivity contribution in [1.82, 2.24) is 10.2 Å². The van der Waals surface area contributed by atoms with E-state index in [9.17, 15) is 0 Å². The van der Waals surface area contributed by atoms with Crippen molar-refractivity contribution < 1.29 is 4.74 Å². The first-order valence-electron chi connectivity index (χ1n) is 6.40. The second kappa shape index (κ2) is 4.81. The van der Waals surface area contributed by atoms with Crippen LogP contribution in [0.2, 0.25) is 0 Å². The molecule has 2 saturated heterocycles. The Labute approximate surface area is 93.2 Å². The number of likely N-dealkylation sites (tertiary alicyclic amines) is 1. The number of ether oxygens (including phenoxy) is 1. The number of morpholine rings is 1. The Morgan fingerprint density at radius 1 is 1.33 bits per heavy atom. The Kier molecular flexibility index (Phi) is 3.65. The minimum atomic E-state index is 0.151. The molecule has 88 valence electrons. The molecule has 1 spiro atoms.